The van der Waals surface area contributed by atoms with E-state index in [4.69, 9.17) is 0 Å². The molecule has 0 fully saturated rings. The van der Waals surface area contributed by atoms with E-state index in [9.17, 15) is 13.2 Å². The smallest absolute Gasteiger partial charge is 0.242 e. The van der Waals surface area contributed by atoms with Crippen molar-refractivity contribution < 1.29 is 13.2 Å². The van der Waals surface area contributed by atoms with E-state index in [1.807, 2.05) is 12.1 Å². The molecule has 1 amide bonds. The van der Waals surface area contributed by atoms with Crippen LogP contribution >= 0.6 is 0 Å². The van der Waals surface area contributed by atoms with Crippen LogP contribution in [-0.2, 0) is 27.8 Å². The van der Waals surface area contributed by atoms with Gasteiger partial charge in [0.05, 0.1) is 4.90 Å². The largest absolute Gasteiger partial charge is 0.352 e. The molecule has 1 aromatic heterocycles. The third-order valence-electron chi connectivity index (χ3n) is 3.57. The number of hydrogen-bond donors (Lipinski definition) is 1. The minimum Gasteiger partial charge on any atom is -0.352 e. The Bertz CT molecular complexity index is 790. The van der Waals surface area contributed by atoms with Gasteiger partial charge in [-0.1, -0.05) is 24.3 Å². The average Bonchev–Trinajstić information content (AvgIpc) is 2.59. The quantitative estimate of drug-likeness (QED) is 0.825. The Hall–Kier alpha value is -2.25. The number of carbonyl (C=O) groups excluding carboxylic acids is 1. The monoisotopic (exact) mass is 347 g/mol. The number of nitrogens with zero attached hydrogens (tertiary/aromatic N) is 2. The highest BCUT2D eigenvalue weighted by molar-refractivity contribution is 7.89. The number of hydrogen-bond acceptors (Lipinski definition) is 4. The van der Waals surface area contributed by atoms with Crippen LogP contribution in [-0.4, -0.2) is 37.7 Å². The lowest BCUT2D eigenvalue weighted by molar-refractivity contribution is -0.121. The number of pyridine rings is 1. The molecule has 2 rings (SSSR count). The molecule has 0 bridgehead atoms. The van der Waals surface area contributed by atoms with E-state index in [2.05, 4.69) is 10.3 Å². The molecular formula is C17H21N3O3S. The van der Waals surface area contributed by atoms with Crippen LogP contribution in [0.3, 0.4) is 0 Å². The molecular weight excluding hydrogens is 326 g/mol. The molecule has 0 saturated carbocycles. The highest BCUT2D eigenvalue weighted by Crippen LogP contribution is 2.18. The van der Waals surface area contributed by atoms with Crippen molar-refractivity contribution in [2.75, 3.05) is 14.1 Å². The van der Waals surface area contributed by atoms with Crippen molar-refractivity contribution in [2.45, 2.75) is 24.3 Å². The molecule has 0 spiro atoms. The van der Waals surface area contributed by atoms with Crippen LogP contribution in [0.2, 0.25) is 0 Å². The number of amides is 1. The predicted octanol–water partition coefficient (Wildman–Crippen LogP) is 1.58. The summed E-state index contributed by atoms with van der Waals surface area (Å²) in [6.07, 6.45) is 4.34. The van der Waals surface area contributed by atoms with E-state index in [1.54, 1.807) is 36.7 Å². The summed E-state index contributed by atoms with van der Waals surface area (Å²) in [7, 11) is -0.568. The summed E-state index contributed by atoms with van der Waals surface area (Å²) in [5.74, 6) is -0.129. The molecule has 128 valence electrons. The second kappa shape index (κ2) is 8.03. The fraction of sp³-hybridized carbons (Fsp3) is 0.294. The first-order chi connectivity index (χ1) is 11.4. The van der Waals surface area contributed by atoms with E-state index in [-0.39, 0.29) is 17.3 Å². The van der Waals surface area contributed by atoms with Gasteiger partial charge in [-0.25, -0.2) is 12.7 Å². The molecule has 7 heteroatoms. The molecule has 0 unspecified atom stereocenters. The van der Waals surface area contributed by atoms with Gasteiger partial charge in [0.2, 0.25) is 15.9 Å². The Kier molecular flexibility index (Phi) is 6.05. The zero-order chi connectivity index (χ0) is 17.6. The van der Waals surface area contributed by atoms with Crippen molar-refractivity contribution in [1.82, 2.24) is 14.6 Å². The maximum absolute atomic E-state index is 12.3. The molecule has 0 aliphatic rings. The first kappa shape index (κ1) is 18.1. The molecule has 1 aromatic carbocycles. The van der Waals surface area contributed by atoms with Crippen LogP contribution in [0.1, 0.15) is 17.5 Å². The maximum Gasteiger partial charge on any atom is 0.242 e. The molecule has 2 aromatic rings. The second-order valence-electron chi connectivity index (χ2n) is 5.53. The highest BCUT2D eigenvalue weighted by Gasteiger charge is 2.20. The summed E-state index contributed by atoms with van der Waals surface area (Å²) in [6, 6.07) is 10.4. The standard InChI is InChI=1S/C17H21N3O3S/c1-20(2)24(22,23)16-8-4-3-7-15(16)13-19-17(21)10-9-14-6-5-11-18-12-14/h3-8,11-12H,9-10,13H2,1-2H3,(H,19,21). The summed E-state index contributed by atoms with van der Waals surface area (Å²) in [6.45, 7) is 0.176. The van der Waals surface area contributed by atoms with Crippen LogP contribution in [0.5, 0.6) is 0 Å². The average molecular weight is 347 g/mol. The topological polar surface area (TPSA) is 79.4 Å². The molecule has 0 aliphatic heterocycles. The van der Waals surface area contributed by atoms with Gasteiger partial charge in [0.25, 0.3) is 0 Å². The lowest BCUT2D eigenvalue weighted by atomic mass is 10.1. The van der Waals surface area contributed by atoms with Crippen molar-refractivity contribution in [1.29, 1.82) is 0 Å². The molecule has 6 nitrogen and oxygen atoms in total. The summed E-state index contributed by atoms with van der Waals surface area (Å²) in [5.41, 5.74) is 1.56. The van der Waals surface area contributed by atoms with Crippen LogP contribution in [0.15, 0.2) is 53.7 Å². The zero-order valence-electron chi connectivity index (χ0n) is 13.8. The predicted molar refractivity (Wildman–Crippen MR) is 91.7 cm³/mol. The van der Waals surface area contributed by atoms with Crippen molar-refractivity contribution in [3.63, 3.8) is 0 Å². The third-order valence-corrected chi connectivity index (χ3v) is 5.49. The van der Waals surface area contributed by atoms with Gasteiger partial charge < -0.3 is 5.32 Å². The summed E-state index contributed by atoms with van der Waals surface area (Å²) < 4.78 is 25.8. The van der Waals surface area contributed by atoms with Crippen LogP contribution < -0.4 is 5.32 Å². The van der Waals surface area contributed by atoms with Gasteiger partial charge in [0.15, 0.2) is 0 Å². The van der Waals surface area contributed by atoms with Gasteiger partial charge in [-0.05, 0) is 29.7 Å². The third kappa shape index (κ3) is 4.62. The number of rotatable bonds is 7. The van der Waals surface area contributed by atoms with Gasteiger partial charge in [-0.15, -0.1) is 0 Å². The Morgan fingerprint density at radius 2 is 1.92 bits per heavy atom. The van der Waals surface area contributed by atoms with Crippen LogP contribution in [0.4, 0.5) is 0 Å². The normalized spacial score (nSPS) is 11.5. The Morgan fingerprint density at radius 3 is 2.58 bits per heavy atom. The van der Waals surface area contributed by atoms with Crippen molar-refractivity contribution >= 4 is 15.9 Å². The maximum atomic E-state index is 12.3. The summed E-state index contributed by atoms with van der Waals surface area (Å²) >= 11 is 0. The SMILES string of the molecule is CN(C)S(=O)(=O)c1ccccc1CNC(=O)CCc1cccnc1. The molecule has 24 heavy (non-hydrogen) atoms. The van der Waals surface area contributed by atoms with Crippen LogP contribution in [0.25, 0.3) is 0 Å². The van der Waals surface area contributed by atoms with Crippen molar-refractivity contribution in [3.8, 4) is 0 Å². The summed E-state index contributed by atoms with van der Waals surface area (Å²) in [5, 5.41) is 2.78. The van der Waals surface area contributed by atoms with E-state index in [0.29, 0.717) is 18.4 Å². The number of sulfonamides is 1. The molecule has 0 saturated heterocycles. The number of benzene rings is 1. The fourth-order valence-electron chi connectivity index (χ4n) is 2.18. The first-order valence-electron chi connectivity index (χ1n) is 7.57. The number of aromatic nitrogens is 1. The summed E-state index contributed by atoms with van der Waals surface area (Å²) in [4.78, 5) is 16.2. The lowest BCUT2D eigenvalue weighted by Crippen LogP contribution is -2.27. The molecule has 0 atom stereocenters. The zero-order valence-corrected chi connectivity index (χ0v) is 14.6. The van der Waals surface area contributed by atoms with Gasteiger partial charge in [-0.3, -0.25) is 9.78 Å². The second-order valence-corrected chi connectivity index (χ2v) is 7.65. The molecule has 0 radical (unpaired) electrons. The molecule has 1 N–H and O–H groups in total. The van der Waals surface area contributed by atoms with Gasteiger partial charge in [0.1, 0.15) is 0 Å². The van der Waals surface area contributed by atoms with E-state index in [1.165, 1.54) is 14.1 Å². The van der Waals surface area contributed by atoms with Crippen molar-refractivity contribution in [3.05, 3.63) is 59.9 Å². The highest BCUT2D eigenvalue weighted by atomic mass is 32.2. The number of nitrogens with one attached hydrogen (secondary N) is 1. The van der Waals surface area contributed by atoms with E-state index >= 15 is 0 Å². The minimum atomic E-state index is -3.54. The molecule has 1 heterocycles. The lowest BCUT2D eigenvalue weighted by Gasteiger charge is -2.15. The van der Waals surface area contributed by atoms with Crippen LogP contribution in [0, 0.1) is 0 Å². The Balaban J connectivity index is 1.98. The Labute approximate surface area is 142 Å². The number of aryl methyl sites for hydroxylation is 1. The van der Waals surface area contributed by atoms with Gasteiger partial charge in [-0.2, -0.15) is 0 Å². The fourth-order valence-corrected chi connectivity index (χ4v) is 3.30. The first-order valence-corrected chi connectivity index (χ1v) is 9.01. The Morgan fingerprint density at radius 1 is 1.17 bits per heavy atom. The van der Waals surface area contributed by atoms with Crippen molar-refractivity contribution in [2.24, 2.45) is 0 Å². The van der Waals surface area contributed by atoms with Gasteiger partial charge in [0, 0.05) is 39.5 Å². The van der Waals surface area contributed by atoms with E-state index < -0.39 is 10.0 Å². The number of carbonyl (C=O) groups is 1. The van der Waals surface area contributed by atoms with Gasteiger partial charge >= 0.3 is 0 Å². The van der Waals surface area contributed by atoms with E-state index in [0.717, 1.165) is 9.87 Å². The molecule has 0 aliphatic carbocycles. The minimum absolute atomic E-state index is 0.129.